The average molecular weight is 258 g/mol. The second kappa shape index (κ2) is 6.55. The van der Waals surface area contributed by atoms with Gasteiger partial charge in [0, 0.05) is 30.3 Å². The number of aryl methyl sites for hydroxylation is 2. The lowest BCUT2D eigenvalue weighted by atomic mass is 10.1. The van der Waals surface area contributed by atoms with Crippen molar-refractivity contribution in [1.29, 1.82) is 0 Å². The molecule has 0 bridgehead atoms. The third-order valence-electron chi connectivity index (χ3n) is 2.85. The maximum atomic E-state index is 4.29. The highest BCUT2D eigenvalue weighted by Crippen LogP contribution is 2.28. The van der Waals surface area contributed by atoms with E-state index in [0.717, 1.165) is 17.9 Å². The molecule has 18 heavy (non-hydrogen) atoms. The van der Waals surface area contributed by atoms with Crippen molar-refractivity contribution in [3.63, 3.8) is 0 Å². The summed E-state index contributed by atoms with van der Waals surface area (Å²) < 4.78 is 0. The van der Waals surface area contributed by atoms with Gasteiger partial charge in [0.05, 0.1) is 5.69 Å². The van der Waals surface area contributed by atoms with Crippen LogP contribution in [-0.4, -0.2) is 15.7 Å². The van der Waals surface area contributed by atoms with E-state index in [1.165, 1.54) is 11.1 Å². The number of benzene rings is 1. The predicted molar refractivity (Wildman–Crippen MR) is 77.8 cm³/mol. The first-order valence-corrected chi connectivity index (χ1v) is 7.23. The van der Waals surface area contributed by atoms with E-state index in [4.69, 9.17) is 0 Å². The molecule has 1 atom stereocenters. The van der Waals surface area contributed by atoms with Crippen molar-refractivity contribution in [1.82, 2.24) is 9.97 Å². The molecule has 2 rings (SSSR count). The molecule has 0 amide bonds. The van der Waals surface area contributed by atoms with Gasteiger partial charge in [0.25, 0.3) is 0 Å². The maximum Gasteiger partial charge on any atom is 0.0594 e. The van der Waals surface area contributed by atoms with Crippen molar-refractivity contribution < 1.29 is 0 Å². The SMILES string of the molecule is Cc1cccc(C(C)SCCc2cnccn2)c1. The highest BCUT2D eigenvalue weighted by molar-refractivity contribution is 7.99. The summed E-state index contributed by atoms with van der Waals surface area (Å²) in [4.78, 5) is 8.37. The quantitative estimate of drug-likeness (QED) is 0.815. The van der Waals surface area contributed by atoms with Crippen LogP contribution in [0.2, 0.25) is 0 Å². The van der Waals surface area contributed by atoms with Gasteiger partial charge < -0.3 is 0 Å². The molecule has 1 aromatic carbocycles. The van der Waals surface area contributed by atoms with E-state index < -0.39 is 0 Å². The van der Waals surface area contributed by atoms with Crippen molar-refractivity contribution in [3.8, 4) is 0 Å². The first-order valence-electron chi connectivity index (χ1n) is 6.19. The molecule has 0 spiro atoms. The van der Waals surface area contributed by atoms with E-state index in [1.807, 2.05) is 18.0 Å². The zero-order valence-corrected chi connectivity index (χ0v) is 11.7. The van der Waals surface area contributed by atoms with Crippen LogP contribution in [0.15, 0.2) is 42.9 Å². The fourth-order valence-corrected chi connectivity index (χ4v) is 2.84. The molecule has 2 nitrogen and oxygen atoms in total. The van der Waals surface area contributed by atoms with E-state index in [-0.39, 0.29) is 0 Å². The summed E-state index contributed by atoms with van der Waals surface area (Å²) in [6.45, 7) is 4.40. The van der Waals surface area contributed by atoms with E-state index >= 15 is 0 Å². The van der Waals surface area contributed by atoms with Gasteiger partial charge in [-0.2, -0.15) is 11.8 Å². The van der Waals surface area contributed by atoms with Crippen LogP contribution in [0.1, 0.15) is 29.0 Å². The minimum absolute atomic E-state index is 0.529. The Morgan fingerprint density at radius 2 is 2.17 bits per heavy atom. The second-order valence-electron chi connectivity index (χ2n) is 4.37. The molecule has 2 aromatic rings. The van der Waals surface area contributed by atoms with Gasteiger partial charge in [-0.3, -0.25) is 9.97 Å². The largest absolute Gasteiger partial charge is 0.261 e. The predicted octanol–water partition coefficient (Wildman–Crippen LogP) is 3.82. The summed E-state index contributed by atoms with van der Waals surface area (Å²) in [5, 5.41) is 0.529. The van der Waals surface area contributed by atoms with Gasteiger partial charge in [-0.1, -0.05) is 29.8 Å². The number of thioether (sulfide) groups is 1. The topological polar surface area (TPSA) is 25.8 Å². The molecule has 94 valence electrons. The van der Waals surface area contributed by atoms with Gasteiger partial charge in [-0.25, -0.2) is 0 Å². The Bertz CT molecular complexity index is 485. The second-order valence-corrected chi connectivity index (χ2v) is 5.82. The highest BCUT2D eigenvalue weighted by Gasteiger charge is 2.06. The van der Waals surface area contributed by atoms with Crippen molar-refractivity contribution >= 4 is 11.8 Å². The Morgan fingerprint density at radius 3 is 2.89 bits per heavy atom. The number of hydrogen-bond donors (Lipinski definition) is 0. The summed E-state index contributed by atoms with van der Waals surface area (Å²) in [5.41, 5.74) is 3.80. The van der Waals surface area contributed by atoms with E-state index in [2.05, 4.69) is 48.1 Å². The molecule has 0 aliphatic carbocycles. The molecule has 0 saturated carbocycles. The number of rotatable bonds is 5. The lowest BCUT2D eigenvalue weighted by Gasteiger charge is -2.12. The number of nitrogens with zero attached hydrogens (tertiary/aromatic N) is 2. The molecular formula is C15H18N2S. The van der Waals surface area contributed by atoms with Crippen LogP contribution in [0.3, 0.4) is 0 Å². The summed E-state index contributed by atoms with van der Waals surface area (Å²) in [6.07, 6.45) is 6.29. The van der Waals surface area contributed by atoms with Crippen molar-refractivity contribution in [2.24, 2.45) is 0 Å². The van der Waals surface area contributed by atoms with Gasteiger partial charge in [0.2, 0.25) is 0 Å². The Labute approximate surface area is 113 Å². The molecule has 0 saturated heterocycles. The molecule has 1 aromatic heterocycles. The van der Waals surface area contributed by atoms with Crippen molar-refractivity contribution in [3.05, 3.63) is 59.7 Å². The Morgan fingerprint density at radius 1 is 1.28 bits per heavy atom. The van der Waals surface area contributed by atoms with Gasteiger partial charge in [-0.15, -0.1) is 0 Å². The van der Waals surface area contributed by atoms with Gasteiger partial charge in [-0.05, 0) is 25.2 Å². The summed E-state index contributed by atoms with van der Waals surface area (Å²) in [6, 6.07) is 8.73. The van der Waals surface area contributed by atoms with Gasteiger partial charge in [0.15, 0.2) is 0 Å². The lowest BCUT2D eigenvalue weighted by Crippen LogP contribution is -1.96. The van der Waals surface area contributed by atoms with Crippen LogP contribution in [-0.2, 0) is 6.42 Å². The van der Waals surface area contributed by atoms with Crippen LogP contribution in [0.4, 0.5) is 0 Å². The molecule has 3 heteroatoms. The summed E-state index contributed by atoms with van der Waals surface area (Å²) in [7, 11) is 0. The first-order chi connectivity index (χ1) is 8.75. The van der Waals surface area contributed by atoms with Crippen molar-refractivity contribution in [2.45, 2.75) is 25.5 Å². The fraction of sp³-hybridized carbons (Fsp3) is 0.333. The van der Waals surface area contributed by atoms with Crippen LogP contribution in [0, 0.1) is 6.92 Å². The maximum absolute atomic E-state index is 4.29. The molecule has 1 unspecified atom stereocenters. The van der Waals surface area contributed by atoms with Crippen LogP contribution in [0.5, 0.6) is 0 Å². The first kappa shape index (κ1) is 13.1. The van der Waals surface area contributed by atoms with Crippen LogP contribution >= 0.6 is 11.8 Å². The third kappa shape index (κ3) is 3.84. The van der Waals surface area contributed by atoms with Crippen LogP contribution < -0.4 is 0 Å². The third-order valence-corrected chi connectivity index (χ3v) is 4.07. The minimum Gasteiger partial charge on any atom is -0.261 e. The van der Waals surface area contributed by atoms with Gasteiger partial charge in [0.1, 0.15) is 0 Å². The lowest BCUT2D eigenvalue weighted by molar-refractivity contribution is 0.999. The summed E-state index contributed by atoms with van der Waals surface area (Å²) in [5.74, 6) is 1.08. The molecule has 0 fully saturated rings. The summed E-state index contributed by atoms with van der Waals surface area (Å²) >= 11 is 1.97. The monoisotopic (exact) mass is 258 g/mol. The van der Waals surface area contributed by atoms with E-state index in [9.17, 15) is 0 Å². The molecule has 0 radical (unpaired) electrons. The smallest absolute Gasteiger partial charge is 0.0594 e. The van der Waals surface area contributed by atoms with E-state index in [1.54, 1.807) is 12.4 Å². The zero-order chi connectivity index (χ0) is 12.8. The van der Waals surface area contributed by atoms with E-state index in [0.29, 0.717) is 5.25 Å². The average Bonchev–Trinajstić information content (AvgIpc) is 2.40. The normalized spacial score (nSPS) is 12.3. The highest BCUT2D eigenvalue weighted by atomic mass is 32.2. The van der Waals surface area contributed by atoms with Crippen LogP contribution in [0.25, 0.3) is 0 Å². The zero-order valence-electron chi connectivity index (χ0n) is 10.8. The Kier molecular flexibility index (Phi) is 4.76. The van der Waals surface area contributed by atoms with Crippen molar-refractivity contribution in [2.75, 3.05) is 5.75 Å². The van der Waals surface area contributed by atoms with Gasteiger partial charge >= 0.3 is 0 Å². The standard InChI is InChI=1S/C15H18N2S/c1-12-4-3-5-14(10-12)13(2)18-9-6-15-11-16-7-8-17-15/h3-5,7-8,10-11,13H,6,9H2,1-2H3. The fourth-order valence-electron chi connectivity index (χ4n) is 1.82. The Hall–Kier alpha value is -1.35. The molecular weight excluding hydrogens is 240 g/mol. The Balaban J connectivity index is 1.83. The molecule has 0 aliphatic heterocycles. The molecule has 0 N–H and O–H groups in total. The number of aromatic nitrogens is 2. The molecule has 1 heterocycles. The number of hydrogen-bond acceptors (Lipinski definition) is 3. The molecule has 0 aliphatic rings. The minimum atomic E-state index is 0.529.